The molecule has 178 valence electrons. The molecule has 0 spiro atoms. The number of hydrogen-bond acceptors (Lipinski definition) is 3. The minimum atomic E-state index is 0.846. The highest BCUT2D eigenvalue weighted by atomic mass is 16.5. The van der Waals surface area contributed by atoms with Gasteiger partial charge in [0.2, 0.25) is 0 Å². The molecule has 0 unspecified atom stereocenters. The average molecular weight is 464 g/mol. The van der Waals surface area contributed by atoms with E-state index in [1.165, 1.54) is 37.9 Å². The summed E-state index contributed by atoms with van der Waals surface area (Å²) in [6.45, 7) is 2.41. The molecule has 0 aromatic heterocycles. The second kappa shape index (κ2) is 11.1. The van der Waals surface area contributed by atoms with Gasteiger partial charge in [0.15, 0.2) is 0 Å². The van der Waals surface area contributed by atoms with Crippen molar-refractivity contribution in [2.24, 2.45) is 0 Å². The Morgan fingerprint density at radius 1 is 0.771 bits per heavy atom. The number of methoxy groups -OCH3 is 1. The number of nitrogens with zero attached hydrogens (tertiary/aromatic N) is 1. The summed E-state index contributed by atoms with van der Waals surface area (Å²) in [7, 11) is 1.69. The quantitative estimate of drug-likeness (QED) is 0.263. The second-order valence-electron chi connectivity index (χ2n) is 9.16. The van der Waals surface area contributed by atoms with E-state index < -0.39 is 0 Å². The zero-order valence-corrected chi connectivity index (χ0v) is 20.5. The standard InChI is InChI=1S/C32H33NO2/c1-34-28-19-14-27(15-20-28)31-21-16-26-10-3-4-11-30(26)32(31)35-29-17-12-25(13-18-29)9-5-8-24-33-22-6-2-7-23-33/h3-4,8,10-21,24H,2,5-7,9,22-23H2,1H3/b24-8+. The van der Waals surface area contributed by atoms with Gasteiger partial charge in [0, 0.05) is 24.0 Å². The van der Waals surface area contributed by atoms with Crippen LogP contribution < -0.4 is 9.47 Å². The molecule has 1 aliphatic heterocycles. The van der Waals surface area contributed by atoms with Gasteiger partial charge in [0.05, 0.1) is 7.11 Å². The van der Waals surface area contributed by atoms with Crippen LogP contribution in [0.3, 0.4) is 0 Å². The Morgan fingerprint density at radius 2 is 1.51 bits per heavy atom. The predicted molar refractivity (Wildman–Crippen MR) is 145 cm³/mol. The highest BCUT2D eigenvalue weighted by molar-refractivity contribution is 5.95. The van der Waals surface area contributed by atoms with Gasteiger partial charge in [-0.2, -0.15) is 0 Å². The van der Waals surface area contributed by atoms with E-state index in [1.807, 2.05) is 12.1 Å². The van der Waals surface area contributed by atoms with Crippen LogP contribution in [0.5, 0.6) is 17.2 Å². The van der Waals surface area contributed by atoms with E-state index in [-0.39, 0.29) is 0 Å². The second-order valence-corrected chi connectivity index (χ2v) is 9.16. The number of piperidine rings is 1. The lowest BCUT2D eigenvalue weighted by atomic mass is 9.99. The highest BCUT2D eigenvalue weighted by Crippen LogP contribution is 2.40. The van der Waals surface area contributed by atoms with Gasteiger partial charge >= 0.3 is 0 Å². The molecule has 1 aliphatic rings. The van der Waals surface area contributed by atoms with E-state index in [4.69, 9.17) is 9.47 Å². The van der Waals surface area contributed by atoms with Crippen LogP contribution in [0.1, 0.15) is 31.2 Å². The van der Waals surface area contributed by atoms with Gasteiger partial charge in [-0.25, -0.2) is 0 Å². The van der Waals surface area contributed by atoms with E-state index in [1.54, 1.807) is 7.11 Å². The molecule has 0 N–H and O–H groups in total. The van der Waals surface area contributed by atoms with E-state index >= 15 is 0 Å². The molecule has 0 saturated carbocycles. The summed E-state index contributed by atoms with van der Waals surface area (Å²) < 4.78 is 11.9. The molecule has 0 radical (unpaired) electrons. The third-order valence-electron chi connectivity index (χ3n) is 6.73. The molecule has 4 aromatic rings. The van der Waals surface area contributed by atoms with Gasteiger partial charge in [-0.3, -0.25) is 0 Å². The fraction of sp³-hybridized carbons (Fsp3) is 0.250. The third-order valence-corrected chi connectivity index (χ3v) is 6.73. The molecular formula is C32H33NO2. The molecule has 3 nitrogen and oxygen atoms in total. The molecule has 5 rings (SSSR count). The van der Waals surface area contributed by atoms with Crippen molar-refractivity contribution in [1.82, 2.24) is 4.90 Å². The highest BCUT2D eigenvalue weighted by Gasteiger charge is 2.13. The Kier molecular flexibility index (Phi) is 7.33. The number of ether oxygens (including phenoxy) is 2. The zero-order valence-electron chi connectivity index (χ0n) is 20.5. The van der Waals surface area contributed by atoms with E-state index in [9.17, 15) is 0 Å². The molecule has 35 heavy (non-hydrogen) atoms. The van der Waals surface area contributed by atoms with Crippen molar-refractivity contribution in [1.29, 1.82) is 0 Å². The Bertz CT molecular complexity index is 1270. The summed E-state index contributed by atoms with van der Waals surface area (Å²) >= 11 is 0. The Balaban J connectivity index is 1.33. The molecule has 4 aromatic carbocycles. The normalized spacial score (nSPS) is 13.9. The van der Waals surface area contributed by atoms with Crippen molar-refractivity contribution < 1.29 is 9.47 Å². The number of likely N-dealkylation sites (tertiary alicyclic amines) is 1. The number of hydrogen-bond donors (Lipinski definition) is 0. The lowest BCUT2D eigenvalue weighted by molar-refractivity contribution is 0.308. The van der Waals surface area contributed by atoms with Gasteiger partial charge < -0.3 is 14.4 Å². The molecule has 0 aliphatic carbocycles. The van der Waals surface area contributed by atoms with Crippen LogP contribution in [-0.4, -0.2) is 25.1 Å². The summed E-state index contributed by atoms with van der Waals surface area (Å²) in [5.74, 6) is 2.58. The van der Waals surface area contributed by atoms with Gasteiger partial charge in [-0.15, -0.1) is 0 Å². The fourth-order valence-corrected chi connectivity index (χ4v) is 4.73. The number of fused-ring (bicyclic) bond motifs is 1. The Morgan fingerprint density at radius 3 is 2.29 bits per heavy atom. The molecule has 0 bridgehead atoms. The maximum atomic E-state index is 6.54. The lowest BCUT2D eigenvalue weighted by Crippen LogP contribution is -2.24. The average Bonchev–Trinajstić information content (AvgIpc) is 2.93. The lowest BCUT2D eigenvalue weighted by Gasteiger charge is -2.24. The number of allylic oxidation sites excluding steroid dienone is 1. The van der Waals surface area contributed by atoms with Crippen LogP contribution in [-0.2, 0) is 6.42 Å². The largest absolute Gasteiger partial charge is 0.497 e. The summed E-state index contributed by atoms with van der Waals surface area (Å²) in [4.78, 5) is 2.45. The van der Waals surface area contributed by atoms with Crippen LogP contribution in [0, 0.1) is 0 Å². The van der Waals surface area contributed by atoms with Crippen molar-refractivity contribution in [2.45, 2.75) is 32.1 Å². The van der Waals surface area contributed by atoms with Gasteiger partial charge in [-0.1, -0.05) is 60.7 Å². The minimum absolute atomic E-state index is 0.846. The SMILES string of the molecule is COc1ccc(-c2ccc3ccccc3c2Oc2ccc(CC/C=C/N3CCCCC3)cc2)cc1. The number of aryl methyl sites for hydroxylation is 1. The molecule has 1 saturated heterocycles. The fourth-order valence-electron chi connectivity index (χ4n) is 4.73. The third kappa shape index (κ3) is 5.68. The summed E-state index contributed by atoms with van der Waals surface area (Å²) in [5.41, 5.74) is 3.50. The zero-order chi connectivity index (χ0) is 23.9. The van der Waals surface area contributed by atoms with Crippen molar-refractivity contribution >= 4 is 10.8 Å². The first-order valence-electron chi connectivity index (χ1n) is 12.6. The van der Waals surface area contributed by atoms with E-state index in [0.29, 0.717) is 0 Å². The smallest absolute Gasteiger partial charge is 0.143 e. The predicted octanol–water partition coefficient (Wildman–Crippen LogP) is 8.24. The molecule has 0 amide bonds. The summed E-state index contributed by atoms with van der Waals surface area (Å²) in [6, 6.07) is 29.3. The van der Waals surface area contributed by atoms with Crippen LogP contribution in [0.25, 0.3) is 21.9 Å². The van der Waals surface area contributed by atoms with E-state index in [0.717, 1.165) is 52.0 Å². The summed E-state index contributed by atoms with van der Waals surface area (Å²) in [6.07, 6.45) is 10.7. The Hall–Kier alpha value is -3.72. The molecular weight excluding hydrogens is 430 g/mol. The first-order valence-corrected chi connectivity index (χ1v) is 12.6. The van der Waals surface area contributed by atoms with Crippen LogP contribution in [0.2, 0.25) is 0 Å². The molecule has 0 atom stereocenters. The monoisotopic (exact) mass is 463 g/mol. The first kappa shape index (κ1) is 23.0. The van der Waals surface area contributed by atoms with Gasteiger partial charge in [0.1, 0.15) is 17.2 Å². The van der Waals surface area contributed by atoms with Crippen LogP contribution >= 0.6 is 0 Å². The van der Waals surface area contributed by atoms with Gasteiger partial charge in [-0.05, 0) is 85.1 Å². The number of rotatable bonds is 8. The Labute approximate surface area is 208 Å². The van der Waals surface area contributed by atoms with Crippen LogP contribution in [0.15, 0.2) is 97.2 Å². The number of benzene rings is 4. The van der Waals surface area contributed by atoms with Crippen molar-refractivity contribution in [3.8, 4) is 28.4 Å². The van der Waals surface area contributed by atoms with Crippen molar-refractivity contribution in [3.63, 3.8) is 0 Å². The van der Waals surface area contributed by atoms with Gasteiger partial charge in [0.25, 0.3) is 0 Å². The van der Waals surface area contributed by atoms with Crippen LogP contribution in [0.4, 0.5) is 0 Å². The van der Waals surface area contributed by atoms with Crippen molar-refractivity contribution in [2.75, 3.05) is 20.2 Å². The molecule has 3 heteroatoms. The first-order chi connectivity index (χ1) is 17.3. The minimum Gasteiger partial charge on any atom is -0.497 e. The maximum absolute atomic E-state index is 6.54. The summed E-state index contributed by atoms with van der Waals surface area (Å²) in [5, 5.41) is 2.27. The molecule has 1 fully saturated rings. The molecule has 1 heterocycles. The maximum Gasteiger partial charge on any atom is 0.143 e. The topological polar surface area (TPSA) is 21.7 Å². The van der Waals surface area contributed by atoms with Crippen molar-refractivity contribution in [3.05, 3.63) is 103 Å². The van der Waals surface area contributed by atoms with E-state index in [2.05, 4.69) is 90.0 Å².